The fourth-order valence-electron chi connectivity index (χ4n) is 1.41. The average Bonchev–Trinajstić information content (AvgIpc) is 2.82. The molecule has 0 saturated heterocycles. The number of carbonyl (C=O) groups is 1. The Kier molecular flexibility index (Phi) is 4.16. The molecule has 0 aliphatic carbocycles. The second kappa shape index (κ2) is 6.02. The molecule has 1 N–H and O–H groups in total. The molecule has 1 amide bonds. The van der Waals surface area contributed by atoms with Crippen LogP contribution in [-0.4, -0.2) is 21.0 Å². The predicted octanol–water partition coefficient (Wildman–Crippen LogP) is 2.41. The van der Waals surface area contributed by atoms with Crippen LogP contribution in [-0.2, 0) is 4.79 Å². The molecule has 0 saturated carbocycles. The molecule has 0 unspecified atom stereocenters. The number of benzene rings is 1. The van der Waals surface area contributed by atoms with Gasteiger partial charge in [0.15, 0.2) is 0 Å². The number of non-ortho nitro benzene ring substituents is 1. The number of aromatic nitrogens is 2. The Bertz CT molecular complexity index is 681. The maximum atomic E-state index is 11.6. The molecular formula is C12H10N4O3S. The van der Waals surface area contributed by atoms with Crippen LogP contribution in [0, 0.1) is 17.0 Å². The highest BCUT2D eigenvalue weighted by atomic mass is 32.1. The third-order valence-electron chi connectivity index (χ3n) is 2.26. The van der Waals surface area contributed by atoms with E-state index in [1.165, 1.54) is 35.6 Å². The Balaban J connectivity index is 2.03. The fourth-order valence-corrected chi connectivity index (χ4v) is 2.00. The maximum Gasteiger partial charge on any atom is 0.270 e. The molecule has 1 aromatic heterocycles. The van der Waals surface area contributed by atoms with E-state index in [0.29, 0.717) is 10.7 Å². The SMILES string of the molecule is Cc1nnc(NC(=O)/C=C/c2cccc([N+](=O)[O-])c2)s1. The van der Waals surface area contributed by atoms with Crippen LogP contribution in [0.2, 0.25) is 0 Å². The molecule has 0 fully saturated rings. The summed E-state index contributed by atoms with van der Waals surface area (Å²) >= 11 is 1.27. The zero-order valence-electron chi connectivity index (χ0n) is 10.4. The molecule has 0 radical (unpaired) electrons. The summed E-state index contributed by atoms with van der Waals surface area (Å²) in [5, 5.41) is 21.9. The standard InChI is InChI=1S/C12H10N4O3S/c1-8-14-15-12(20-8)13-11(17)6-5-9-3-2-4-10(7-9)16(18)19/h2-7H,1H3,(H,13,15,17)/b6-5+. The Morgan fingerprint density at radius 1 is 1.45 bits per heavy atom. The minimum absolute atomic E-state index is 0.0210. The number of hydrogen-bond acceptors (Lipinski definition) is 6. The van der Waals surface area contributed by atoms with Gasteiger partial charge in [-0.3, -0.25) is 20.2 Å². The number of hydrogen-bond donors (Lipinski definition) is 1. The van der Waals surface area contributed by atoms with Gasteiger partial charge in [0.05, 0.1) is 4.92 Å². The minimum Gasteiger partial charge on any atom is -0.297 e. The number of amides is 1. The van der Waals surface area contributed by atoms with Crippen LogP contribution >= 0.6 is 11.3 Å². The normalized spacial score (nSPS) is 10.7. The third-order valence-corrected chi connectivity index (χ3v) is 3.02. The van der Waals surface area contributed by atoms with Gasteiger partial charge in [0.2, 0.25) is 11.0 Å². The lowest BCUT2D eigenvalue weighted by atomic mass is 10.2. The van der Waals surface area contributed by atoms with E-state index in [1.807, 2.05) is 0 Å². The Morgan fingerprint density at radius 2 is 2.25 bits per heavy atom. The molecule has 0 aliphatic heterocycles. The van der Waals surface area contributed by atoms with Crippen LogP contribution in [0.5, 0.6) is 0 Å². The van der Waals surface area contributed by atoms with Gasteiger partial charge < -0.3 is 0 Å². The van der Waals surface area contributed by atoms with Crippen molar-refractivity contribution >= 4 is 34.1 Å². The predicted molar refractivity (Wildman–Crippen MR) is 75.4 cm³/mol. The zero-order chi connectivity index (χ0) is 14.5. The van der Waals surface area contributed by atoms with Crippen molar-refractivity contribution in [3.8, 4) is 0 Å². The summed E-state index contributed by atoms with van der Waals surface area (Å²) < 4.78 is 0. The lowest BCUT2D eigenvalue weighted by Crippen LogP contribution is -2.07. The van der Waals surface area contributed by atoms with E-state index in [4.69, 9.17) is 0 Å². The molecular weight excluding hydrogens is 280 g/mol. The van der Waals surface area contributed by atoms with Crippen molar-refractivity contribution in [2.45, 2.75) is 6.92 Å². The van der Waals surface area contributed by atoms with Crippen LogP contribution in [0.4, 0.5) is 10.8 Å². The molecule has 8 heteroatoms. The highest BCUT2D eigenvalue weighted by Gasteiger charge is 2.05. The number of nitrogens with one attached hydrogen (secondary N) is 1. The van der Waals surface area contributed by atoms with Gasteiger partial charge in [-0.05, 0) is 18.6 Å². The van der Waals surface area contributed by atoms with E-state index in [9.17, 15) is 14.9 Å². The van der Waals surface area contributed by atoms with Gasteiger partial charge in [-0.1, -0.05) is 23.5 Å². The van der Waals surface area contributed by atoms with E-state index >= 15 is 0 Å². The van der Waals surface area contributed by atoms with Gasteiger partial charge in [-0.15, -0.1) is 10.2 Å². The topological polar surface area (TPSA) is 98.0 Å². The maximum absolute atomic E-state index is 11.6. The molecule has 1 aromatic carbocycles. The van der Waals surface area contributed by atoms with E-state index in [2.05, 4.69) is 15.5 Å². The van der Waals surface area contributed by atoms with Gasteiger partial charge in [-0.25, -0.2) is 0 Å². The molecule has 1 heterocycles. The Hall–Kier alpha value is -2.61. The highest BCUT2D eigenvalue weighted by molar-refractivity contribution is 7.15. The summed E-state index contributed by atoms with van der Waals surface area (Å²) in [6.45, 7) is 1.78. The Labute approximate surface area is 118 Å². The molecule has 0 bridgehead atoms. The van der Waals surface area contributed by atoms with E-state index < -0.39 is 4.92 Å². The molecule has 2 rings (SSSR count). The first-order valence-electron chi connectivity index (χ1n) is 5.58. The van der Waals surface area contributed by atoms with E-state index in [-0.39, 0.29) is 11.6 Å². The summed E-state index contributed by atoms with van der Waals surface area (Å²) in [6, 6.07) is 6.01. The number of anilines is 1. The monoisotopic (exact) mass is 290 g/mol. The summed E-state index contributed by atoms with van der Waals surface area (Å²) in [4.78, 5) is 21.8. The molecule has 0 aliphatic rings. The quantitative estimate of drug-likeness (QED) is 0.529. The molecule has 0 spiro atoms. The van der Waals surface area contributed by atoms with Gasteiger partial charge in [0.25, 0.3) is 5.69 Å². The van der Waals surface area contributed by atoms with Crippen molar-refractivity contribution < 1.29 is 9.72 Å². The number of aryl methyl sites for hydroxylation is 1. The lowest BCUT2D eigenvalue weighted by Gasteiger charge is -1.96. The first-order chi connectivity index (χ1) is 9.54. The van der Waals surface area contributed by atoms with Gasteiger partial charge in [-0.2, -0.15) is 0 Å². The van der Waals surface area contributed by atoms with E-state index in [1.54, 1.807) is 19.1 Å². The number of nitro benzene ring substituents is 1. The average molecular weight is 290 g/mol. The summed E-state index contributed by atoms with van der Waals surface area (Å²) in [5.74, 6) is -0.368. The number of rotatable bonds is 4. The van der Waals surface area contributed by atoms with Crippen molar-refractivity contribution in [2.24, 2.45) is 0 Å². The van der Waals surface area contributed by atoms with Crippen molar-refractivity contribution in [3.63, 3.8) is 0 Å². The van der Waals surface area contributed by atoms with Crippen LogP contribution in [0.1, 0.15) is 10.6 Å². The first kappa shape index (κ1) is 13.8. The summed E-state index contributed by atoms with van der Waals surface area (Å²) in [5.41, 5.74) is 0.551. The molecule has 7 nitrogen and oxygen atoms in total. The number of nitro groups is 1. The van der Waals surface area contributed by atoms with Crippen LogP contribution in [0.3, 0.4) is 0 Å². The van der Waals surface area contributed by atoms with Crippen LogP contribution < -0.4 is 5.32 Å². The van der Waals surface area contributed by atoms with Crippen LogP contribution in [0.25, 0.3) is 6.08 Å². The summed E-state index contributed by atoms with van der Waals surface area (Å²) in [6.07, 6.45) is 2.78. The van der Waals surface area contributed by atoms with Gasteiger partial charge in [0.1, 0.15) is 5.01 Å². The van der Waals surface area contributed by atoms with Gasteiger partial charge in [0, 0.05) is 18.2 Å². The largest absolute Gasteiger partial charge is 0.297 e. The van der Waals surface area contributed by atoms with Crippen molar-refractivity contribution in [1.29, 1.82) is 0 Å². The van der Waals surface area contributed by atoms with Crippen molar-refractivity contribution in [3.05, 3.63) is 51.0 Å². The summed E-state index contributed by atoms with van der Waals surface area (Å²) in [7, 11) is 0. The molecule has 102 valence electrons. The minimum atomic E-state index is -0.485. The van der Waals surface area contributed by atoms with Crippen molar-refractivity contribution in [2.75, 3.05) is 5.32 Å². The number of nitrogens with zero attached hydrogens (tertiary/aromatic N) is 3. The highest BCUT2D eigenvalue weighted by Crippen LogP contribution is 2.15. The zero-order valence-corrected chi connectivity index (χ0v) is 11.3. The molecule has 20 heavy (non-hydrogen) atoms. The second-order valence-electron chi connectivity index (χ2n) is 3.80. The smallest absolute Gasteiger partial charge is 0.270 e. The molecule has 0 atom stereocenters. The first-order valence-corrected chi connectivity index (χ1v) is 6.40. The second-order valence-corrected chi connectivity index (χ2v) is 4.98. The molecule has 2 aromatic rings. The third kappa shape index (κ3) is 3.69. The van der Waals surface area contributed by atoms with Crippen molar-refractivity contribution in [1.82, 2.24) is 10.2 Å². The van der Waals surface area contributed by atoms with Gasteiger partial charge >= 0.3 is 0 Å². The lowest BCUT2D eigenvalue weighted by molar-refractivity contribution is -0.384. The number of carbonyl (C=O) groups excluding carboxylic acids is 1. The van der Waals surface area contributed by atoms with E-state index in [0.717, 1.165) is 5.01 Å². The fraction of sp³-hybridized carbons (Fsp3) is 0.0833. The van der Waals surface area contributed by atoms with Crippen LogP contribution in [0.15, 0.2) is 30.3 Å². The Morgan fingerprint density at radius 3 is 2.90 bits per heavy atom.